The van der Waals surface area contributed by atoms with Crippen molar-refractivity contribution in [2.75, 3.05) is 6.54 Å². The first-order valence-corrected chi connectivity index (χ1v) is 9.26. The number of benzene rings is 2. The number of carboxylic acid groups (broad SMARTS) is 1. The minimum Gasteiger partial charge on any atom is -0.481 e. The van der Waals surface area contributed by atoms with Crippen molar-refractivity contribution in [1.82, 2.24) is 0 Å². The lowest BCUT2D eigenvalue weighted by atomic mass is 9.99. The molecular weight excluding hydrogens is 350 g/mol. The van der Waals surface area contributed by atoms with Gasteiger partial charge in [0.1, 0.15) is 5.41 Å². The third-order valence-corrected chi connectivity index (χ3v) is 7.17. The smallest absolute Gasteiger partial charge is 0.312 e. The van der Waals surface area contributed by atoms with Crippen LogP contribution in [0.3, 0.4) is 0 Å². The number of sulfone groups is 1. The van der Waals surface area contributed by atoms with Crippen molar-refractivity contribution in [3.05, 3.63) is 65.2 Å². The van der Waals surface area contributed by atoms with Gasteiger partial charge >= 0.3 is 5.97 Å². The molecule has 1 saturated carbocycles. The Bertz CT molecular complexity index is 867. The van der Waals surface area contributed by atoms with Crippen LogP contribution in [-0.2, 0) is 14.6 Å². The van der Waals surface area contributed by atoms with Gasteiger partial charge in [-0.25, -0.2) is 8.42 Å². The zero-order valence-electron chi connectivity index (χ0n) is 12.6. The van der Waals surface area contributed by atoms with Gasteiger partial charge in [-0.15, -0.1) is 0 Å². The maximum Gasteiger partial charge on any atom is 0.312 e. The van der Waals surface area contributed by atoms with Crippen molar-refractivity contribution < 1.29 is 18.3 Å². The molecule has 0 bridgehead atoms. The molecule has 0 saturated heterocycles. The predicted octanol–water partition coefficient (Wildman–Crippen LogP) is 2.31. The molecule has 3 atom stereocenters. The Kier molecular flexibility index (Phi) is 4.15. The fourth-order valence-corrected chi connectivity index (χ4v) is 5.86. The average Bonchev–Trinajstić information content (AvgIpc) is 3.28. The van der Waals surface area contributed by atoms with E-state index in [1.54, 1.807) is 30.3 Å². The number of carboxylic acids is 1. The molecule has 0 radical (unpaired) electrons. The molecule has 0 spiro atoms. The Labute approximate surface area is 145 Å². The second-order valence-corrected chi connectivity index (χ2v) is 8.36. The molecule has 126 valence electrons. The van der Waals surface area contributed by atoms with Crippen LogP contribution < -0.4 is 5.73 Å². The number of rotatable bonds is 5. The van der Waals surface area contributed by atoms with E-state index in [0.29, 0.717) is 10.6 Å². The van der Waals surface area contributed by atoms with Crippen molar-refractivity contribution in [1.29, 1.82) is 0 Å². The Morgan fingerprint density at radius 1 is 1.12 bits per heavy atom. The van der Waals surface area contributed by atoms with E-state index < -0.39 is 32.4 Å². The van der Waals surface area contributed by atoms with Crippen LogP contribution in [0, 0.1) is 5.41 Å². The van der Waals surface area contributed by atoms with E-state index in [4.69, 9.17) is 17.3 Å². The van der Waals surface area contributed by atoms with E-state index in [2.05, 4.69) is 0 Å². The van der Waals surface area contributed by atoms with Gasteiger partial charge in [0.05, 0.1) is 10.1 Å². The molecule has 0 aromatic heterocycles. The lowest BCUT2D eigenvalue weighted by Gasteiger charge is -2.10. The van der Waals surface area contributed by atoms with Gasteiger partial charge in [0.15, 0.2) is 9.84 Å². The first kappa shape index (κ1) is 17.0. The van der Waals surface area contributed by atoms with E-state index in [9.17, 15) is 18.3 Å². The summed E-state index contributed by atoms with van der Waals surface area (Å²) in [5.74, 6) is -1.87. The van der Waals surface area contributed by atoms with Gasteiger partial charge in [-0.2, -0.15) is 0 Å². The maximum absolute atomic E-state index is 13.0. The van der Waals surface area contributed by atoms with E-state index in [1.165, 1.54) is 24.3 Å². The van der Waals surface area contributed by atoms with Crippen LogP contribution in [0.15, 0.2) is 59.5 Å². The summed E-state index contributed by atoms with van der Waals surface area (Å²) in [7, 11) is -3.86. The van der Waals surface area contributed by atoms with Crippen molar-refractivity contribution in [2.45, 2.75) is 16.1 Å². The first-order valence-electron chi connectivity index (χ1n) is 7.33. The largest absolute Gasteiger partial charge is 0.481 e. The maximum atomic E-state index is 13.0. The number of nitrogens with two attached hydrogens (primary N) is 1. The molecule has 1 aliphatic carbocycles. The minimum absolute atomic E-state index is 0.0504. The van der Waals surface area contributed by atoms with E-state index in [0.717, 1.165) is 0 Å². The Morgan fingerprint density at radius 2 is 1.71 bits per heavy atom. The highest BCUT2D eigenvalue weighted by Crippen LogP contribution is 2.63. The molecule has 0 unspecified atom stereocenters. The molecule has 3 N–H and O–H groups in total. The highest BCUT2D eigenvalue weighted by molar-refractivity contribution is 7.92. The molecular formula is C17H16ClNO4S. The average molecular weight is 366 g/mol. The van der Waals surface area contributed by atoms with Crippen molar-refractivity contribution in [3.63, 3.8) is 0 Å². The molecule has 2 aromatic rings. The minimum atomic E-state index is -3.86. The van der Waals surface area contributed by atoms with Gasteiger partial charge in [-0.3, -0.25) is 4.79 Å². The Morgan fingerprint density at radius 3 is 2.21 bits per heavy atom. The van der Waals surface area contributed by atoms with Crippen molar-refractivity contribution in [3.8, 4) is 0 Å². The summed E-state index contributed by atoms with van der Waals surface area (Å²) in [5, 5.41) is 9.00. The zero-order chi connectivity index (χ0) is 17.5. The standard InChI is InChI=1S/C17H16ClNO4S/c18-12-6-8-13(9-7-12)24(22,23)15-14(11-4-2-1-3-5-11)17(15,10-19)16(20)21/h1-9,14-15H,10,19H2,(H,20,21)/t14-,15-,17+/m0/s1. The van der Waals surface area contributed by atoms with Crippen LogP contribution in [0.5, 0.6) is 0 Å². The molecule has 1 aliphatic rings. The molecule has 0 amide bonds. The van der Waals surface area contributed by atoms with Gasteiger partial charge in [0.25, 0.3) is 0 Å². The lowest BCUT2D eigenvalue weighted by Crippen LogP contribution is -2.31. The van der Waals surface area contributed by atoms with Crippen LogP contribution in [0.25, 0.3) is 0 Å². The second-order valence-electron chi connectivity index (χ2n) is 5.86. The summed E-state index contributed by atoms with van der Waals surface area (Å²) < 4.78 is 26.0. The molecule has 0 heterocycles. The van der Waals surface area contributed by atoms with Gasteiger partial charge < -0.3 is 10.8 Å². The number of carbonyl (C=O) groups is 1. The molecule has 1 fully saturated rings. The number of halogens is 1. The summed E-state index contributed by atoms with van der Waals surface area (Å²) >= 11 is 5.81. The summed E-state index contributed by atoms with van der Waals surface area (Å²) in [4.78, 5) is 11.9. The monoisotopic (exact) mass is 365 g/mol. The molecule has 5 nitrogen and oxygen atoms in total. The van der Waals surface area contributed by atoms with E-state index >= 15 is 0 Å². The van der Waals surface area contributed by atoms with Crippen LogP contribution in [0.4, 0.5) is 0 Å². The third kappa shape index (κ3) is 2.42. The second kappa shape index (κ2) is 5.88. The topological polar surface area (TPSA) is 97.5 Å². The van der Waals surface area contributed by atoms with Crippen LogP contribution in [0.2, 0.25) is 5.02 Å². The molecule has 24 heavy (non-hydrogen) atoms. The Hall–Kier alpha value is -1.89. The fraction of sp³-hybridized carbons (Fsp3) is 0.235. The van der Waals surface area contributed by atoms with Gasteiger partial charge in [-0.1, -0.05) is 41.9 Å². The van der Waals surface area contributed by atoms with Gasteiger partial charge in [-0.05, 0) is 29.8 Å². The molecule has 2 aromatic carbocycles. The van der Waals surface area contributed by atoms with Crippen molar-refractivity contribution >= 4 is 27.4 Å². The number of aliphatic carboxylic acids is 1. The highest BCUT2D eigenvalue weighted by atomic mass is 35.5. The summed E-state index contributed by atoms with van der Waals surface area (Å²) in [6.07, 6.45) is 0. The lowest BCUT2D eigenvalue weighted by molar-refractivity contribution is -0.143. The molecule has 3 rings (SSSR count). The fourth-order valence-electron chi connectivity index (χ4n) is 3.35. The van der Waals surface area contributed by atoms with Crippen molar-refractivity contribution in [2.24, 2.45) is 11.1 Å². The summed E-state index contributed by atoms with van der Waals surface area (Å²) in [5.41, 5.74) is 4.87. The van der Waals surface area contributed by atoms with Gasteiger partial charge in [0.2, 0.25) is 0 Å². The van der Waals surface area contributed by atoms with E-state index in [-0.39, 0.29) is 11.4 Å². The third-order valence-electron chi connectivity index (χ3n) is 4.63. The number of hydrogen-bond donors (Lipinski definition) is 2. The predicted molar refractivity (Wildman–Crippen MR) is 90.7 cm³/mol. The van der Waals surface area contributed by atoms with Crippen LogP contribution in [0.1, 0.15) is 11.5 Å². The molecule has 0 aliphatic heterocycles. The van der Waals surface area contributed by atoms with Gasteiger partial charge in [0, 0.05) is 17.5 Å². The van der Waals surface area contributed by atoms with E-state index in [1.807, 2.05) is 0 Å². The Balaban J connectivity index is 2.11. The zero-order valence-corrected chi connectivity index (χ0v) is 14.2. The normalized spacial score (nSPS) is 26.1. The highest BCUT2D eigenvalue weighted by Gasteiger charge is 2.75. The molecule has 7 heteroatoms. The summed E-state index contributed by atoms with van der Waals surface area (Å²) in [6.45, 7) is -0.251. The SMILES string of the molecule is NC[C@@]1(C(=O)O)[C@@H](c2ccccc2)[C@@H]1S(=O)(=O)c1ccc(Cl)cc1. The van der Waals surface area contributed by atoms with Crippen LogP contribution in [-0.4, -0.2) is 31.3 Å². The summed E-state index contributed by atoms with van der Waals surface area (Å²) in [6, 6.07) is 14.5. The quantitative estimate of drug-likeness (QED) is 0.847. The van der Waals surface area contributed by atoms with Crippen LogP contribution >= 0.6 is 11.6 Å². The number of hydrogen-bond acceptors (Lipinski definition) is 4. The first-order chi connectivity index (χ1) is 11.4.